The van der Waals surface area contributed by atoms with Gasteiger partial charge >= 0.3 is 0 Å². The Bertz CT molecular complexity index is 755. The molecule has 0 radical (unpaired) electrons. The largest absolute Gasteiger partial charge is 0.322 e. The lowest BCUT2D eigenvalue weighted by atomic mass is 10.1. The van der Waals surface area contributed by atoms with E-state index in [1.165, 1.54) is 31.5 Å². The van der Waals surface area contributed by atoms with Gasteiger partial charge in [-0.25, -0.2) is 0 Å². The van der Waals surface area contributed by atoms with Gasteiger partial charge in [-0.1, -0.05) is 0 Å². The highest BCUT2D eigenvalue weighted by atomic mass is 16.1. The van der Waals surface area contributed by atoms with Gasteiger partial charge in [0.2, 0.25) is 0 Å². The molecule has 0 aliphatic carbocycles. The Morgan fingerprint density at radius 1 is 1.23 bits per heavy atom. The van der Waals surface area contributed by atoms with Gasteiger partial charge in [-0.3, -0.25) is 14.3 Å². The fourth-order valence-corrected chi connectivity index (χ4v) is 4.79. The average Bonchev–Trinajstić information content (AvgIpc) is 3.33. The second-order valence-electron chi connectivity index (χ2n) is 7.53. The summed E-state index contributed by atoms with van der Waals surface area (Å²) in [5.74, 6) is -0.121. The van der Waals surface area contributed by atoms with E-state index in [0.29, 0.717) is 17.6 Å². The van der Waals surface area contributed by atoms with Crippen LogP contribution in [0.25, 0.3) is 0 Å². The monoisotopic (exact) mass is 351 g/mol. The number of nitrogens with one attached hydrogen (secondary N) is 2. The van der Waals surface area contributed by atoms with E-state index >= 15 is 0 Å². The average molecular weight is 351 g/mol. The first-order valence-electron chi connectivity index (χ1n) is 9.60. The third-order valence-electron chi connectivity index (χ3n) is 6.15. The number of rotatable bonds is 4. The summed E-state index contributed by atoms with van der Waals surface area (Å²) < 4.78 is 1.09. The molecule has 4 rings (SSSR count). The number of pyridine rings is 1. The molecule has 2 aliphatic rings. The molecule has 3 unspecified atom stereocenters. The molecule has 0 bridgehead atoms. The van der Waals surface area contributed by atoms with Gasteiger partial charge in [-0.05, 0) is 31.2 Å². The number of carbonyl (C=O) groups is 1. The molecular formula is C21H27N4O+. The SMILES string of the molecule is CC1CCC[N+]1(c1ccc(NC(=O)c2cccnc2)cc1)C1CCNC1. The maximum atomic E-state index is 12.3. The number of hydrogen-bond donors (Lipinski definition) is 2. The Kier molecular flexibility index (Phi) is 4.74. The van der Waals surface area contributed by atoms with Crippen LogP contribution in [-0.2, 0) is 0 Å². The van der Waals surface area contributed by atoms with Crippen LogP contribution >= 0.6 is 0 Å². The third kappa shape index (κ3) is 3.02. The summed E-state index contributed by atoms with van der Waals surface area (Å²) in [6, 6.07) is 13.3. The first kappa shape index (κ1) is 17.2. The van der Waals surface area contributed by atoms with Crippen molar-refractivity contribution in [3.05, 3.63) is 54.4 Å². The summed E-state index contributed by atoms with van der Waals surface area (Å²) in [6.45, 7) is 5.83. The number of hydrogen-bond acceptors (Lipinski definition) is 3. The predicted octanol–water partition coefficient (Wildman–Crippen LogP) is 3.19. The quantitative estimate of drug-likeness (QED) is 0.832. The first-order valence-corrected chi connectivity index (χ1v) is 9.60. The van der Waals surface area contributed by atoms with Gasteiger partial charge in [-0.15, -0.1) is 0 Å². The lowest BCUT2D eigenvalue weighted by Gasteiger charge is -2.43. The number of aromatic nitrogens is 1. The van der Waals surface area contributed by atoms with Crippen LogP contribution in [0.1, 0.15) is 36.5 Å². The lowest BCUT2D eigenvalue weighted by Crippen LogP contribution is -2.59. The number of amides is 1. The molecule has 3 heterocycles. The molecule has 1 aromatic carbocycles. The third-order valence-corrected chi connectivity index (χ3v) is 6.15. The number of quaternary nitrogens is 1. The molecule has 3 atom stereocenters. The van der Waals surface area contributed by atoms with Crippen LogP contribution in [0.15, 0.2) is 48.8 Å². The minimum Gasteiger partial charge on any atom is -0.322 e. The van der Waals surface area contributed by atoms with E-state index in [-0.39, 0.29) is 5.91 Å². The molecule has 26 heavy (non-hydrogen) atoms. The number of carbonyl (C=O) groups excluding carboxylic acids is 1. The van der Waals surface area contributed by atoms with Crippen LogP contribution in [0, 0.1) is 0 Å². The maximum absolute atomic E-state index is 12.3. The van der Waals surface area contributed by atoms with Crippen LogP contribution in [-0.4, -0.2) is 42.6 Å². The van der Waals surface area contributed by atoms with Gasteiger partial charge in [-0.2, -0.15) is 0 Å². The summed E-state index contributed by atoms with van der Waals surface area (Å²) in [5.41, 5.74) is 2.78. The minimum absolute atomic E-state index is 0.121. The van der Waals surface area contributed by atoms with E-state index in [1.54, 1.807) is 24.5 Å². The van der Waals surface area contributed by atoms with Crippen LogP contribution in [0.4, 0.5) is 11.4 Å². The lowest BCUT2D eigenvalue weighted by molar-refractivity contribution is 0.102. The van der Waals surface area contributed by atoms with E-state index < -0.39 is 0 Å². The van der Waals surface area contributed by atoms with Gasteiger partial charge in [0.15, 0.2) is 0 Å². The summed E-state index contributed by atoms with van der Waals surface area (Å²) in [7, 11) is 0. The second-order valence-corrected chi connectivity index (χ2v) is 7.53. The van der Waals surface area contributed by atoms with Crippen molar-refractivity contribution in [2.45, 2.75) is 38.3 Å². The predicted molar refractivity (Wildman–Crippen MR) is 105 cm³/mol. The Hall–Kier alpha value is -2.24. The highest BCUT2D eigenvalue weighted by Crippen LogP contribution is 2.39. The zero-order chi connectivity index (χ0) is 18.0. The topological polar surface area (TPSA) is 54.0 Å². The molecule has 136 valence electrons. The van der Waals surface area contributed by atoms with Crippen LogP contribution in [0.2, 0.25) is 0 Å². The fraction of sp³-hybridized carbons (Fsp3) is 0.429. The number of likely N-dealkylation sites (tertiary alicyclic amines) is 1. The van der Waals surface area contributed by atoms with E-state index in [2.05, 4.69) is 34.7 Å². The van der Waals surface area contributed by atoms with Gasteiger partial charge in [0.25, 0.3) is 5.91 Å². The molecule has 0 saturated carbocycles. The molecule has 2 N–H and O–H groups in total. The van der Waals surface area contributed by atoms with E-state index in [0.717, 1.165) is 23.3 Å². The molecule has 1 aromatic heterocycles. The zero-order valence-electron chi connectivity index (χ0n) is 15.3. The van der Waals surface area contributed by atoms with Crippen molar-refractivity contribution < 1.29 is 4.79 Å². The van der Waals surface area contributed by atoms with E-state index in [9.17, 15) is 4.79 Å². The normalized spacial score (nSPS) is 28.2. The Balaban J connectivity index is 1.55. The molecule has 2 saturated heterocycles. The summed E-state index contributed by atoms with van der Waals surface area (Å²) >= 11 is 0. The molecule has 0 spiro atoms. The molecule has 5 nitrogen and oxygen atoms in total. The van der Waals surface area contributed by atoms with E-state index in [4.69, 9.17) is 0 Å². The van der Waals surface area contributed by atoms with Crippen LogP contribution in [0.5, 0.6) is 0 Å². The first-order chi connectivity index (χ1) is 12.7. The van der Waals surface area contributed by atoms with Crippen LogP contribution < -0.4 is 15.1 Å². The summed E-state index contributed by atoms with van der Waals surface area (Å²) in [6.07, 6.45) is 7.07. The zero-order valence-corrected chi connectivity index (χ0v) is 15.3. The molecule has 2 aliphatic heterocycles. The van der Waals surface area contributed by atoms with Crippen LogP contribution in [0.3, 0.4) is 0 Å². The van der Waals surface area contributed by atoms with Gasteiger partial charge in [0, 0.05) is 62.6 Å². The molecule has 5 heteroatoms. The van der Waals surface area contributed by atoms with Crippen molar-refractivity contribution in [1.82, 2.24) is 14.8 Å². The van der Waals surface area contributed by atoms with Crippen molar-refractivity contribution in [3.8, 4) is 0 Å². The Morgan fingerprint density at radius 2 is 2.08 bits per heavy atom. The smallest absolute Gasteiger partial charge is 0.257 e. The minimum atomic E-state index is -0.121. The van der Waals surface area contributed by atoms with Gasteiger partial charge in [0.1, 0.15) is 11.7 Å². The number of nitrogens with zero attached hydrogens (tertiary/aromatic N) is 2. The van der Waals surface area contributed by atoms with Gasteiger partial charge < -0.3 is 10.6 Å². The van der Waals surface area contributed by atoms with Crippen molar-refractivity contribution in [2.24, 2.45) is 0 Å². The van der Waals surface area contributed by atoms with E-state index in [1.807, 2.05) is 12.1 Å². The molecule has 2 fully saturated rings. The van der Waals surface area contributed by atoms with Crippen molar-refractivity contribution >= 4 is 17.3 Å². The van der Waals surface area contributed by atoms with Crippen molar-refractivity contribution in [2.75, 3.05) is 25.0 Å². The number of anilines is 1. The second kappa shape index (κ2) is 7.17. The number of benzene rings is 1. The highest BCUT2D eigenvalue weighted by molar-refractivity contribution is 6.04. The molecular weight excluding hydrogens is 324 g/mol. The van der Waals surface area contributed by atoms with Gasteiger partial charge in [0.05, 0.1) is 18.2 Å². The highest BCUT2D eigenvalue weighted by Gasteiger charge is 2.47. The summed E-state index contributed by atoms with van der Waals surface area (Å²) in [5, 5.41) is 6.51. The molecule has 1 amide bonds. The molecule has 2 aromatic rings. The van der Waals surface area contributed by atoms with Crippen molar-refractivity contribution in [1.29, 1.82) is 0 Å². The maximum Gasteiger partial charge on any atom is 0.257 e. The van der Waals surface area contributed by atoms with Crippen molar-refractivity contribution in [3.63, 3.8) is 0 Å². The summed E-state index contributed by atoms with van der Waals surface area (Å²) in [4.78, 5) is 16.3. The standard InChI is InChI=1S/C21H26N4O/c1-16-4-3-13-25(16,20-10-12-23-15-20)19-8-6-18(7-9-19)24-21(26)17-5-2-11-22-14-17/h2,5-9,11,14,16,20,23H,3-4,10,12-13,15H2,1H3/p+1. The Labute approximate surface area is 155 Å². The Morgan fingerprint density at radius 3 is 2.69 bits per heavy atom. The fourth-order valence-electron chi connectivity index (χ4n) is 4.79.